The number of hydrogen-bond acceptors (Lipinski definition) is 2. The van der Waals surface area contributed by atoms with Crippen molar-refractivity contribution in [3.05, 3.63) is 64.7 Å². The van der Waals surface area contributed by atoms with E-state index in [1.807, 2.05) is 32.1 Å². The van der Waals surface area contributed by atoms with Gasteiger partial charge >= 0.3 is 49.6 Å². The normalized spacial score (nSPS) is 19.6. The van der Waals surface area contributed by atoms with E-state index in [-0.39, 0.29) is 33.1 Å². The van der Waals surface area contributed by atoms with E-state index >= 15 is 0 Å². The third-order valence-electron chi connectivity index (χ3n) is 2.17. The van der Waals surface area contributed by atoms with Crippen molar-refractivity contribution >= 4 is 5.97 Å². The van der Waals surface area contributed by atoms with Crippen molar-refractivity contribution in [2.24, 2.45) is 5.92 Å². The van der Waals surface area contributed by atoms with Crippen LogP contribution in [0, 0.1) is 70.6 Å². The van der Waals surface area contributed by atoms with E-state index in [0.29, 0.717) is 11.8 Å². The fourth-order valence-electron chi connectivity index (χ4n) is 1.44. The van der Waals surface area contributed by atoms with Crippen molar-refractivity contribution in [2.75, 3.05) is 0 Å². The van der Waals surface area contributed by atoms with Crippen molar-refractivity contribution in [2.45, 2.75) is 26.4 Å². The number of esters is 1. The molecule has 1 unspecified atom stereocenters. The van der Waals surface area contributed by atoms with Crippen molar-refractivity contribution < 1.29 is 39.9 Å². The molecule has 0 amide bonds. The van der Waals surface area contributed by atoms with Crippen molar-refractivity contribution in [3.63, 3.8) is 0 Å². The first-order valence-corrected chi connectivity index (χ1v) is 5.92. The number of hydrogen-bond donors (Lipinski definition) is 0. The van der Waals surface area contributed by atoms with Gasteiger partial charge in [0, 0.05) is 6.42 Å². The third kappa shape index (κ3) is 14.3. The number of rotatable bonds is 2. The molecule has 1 heterocycles. The van der Waals surface area contributed by atoms with Crippen molar-refractivity contribution in [1.82, 2.24) is 0 Å². The van der Waals surface area contributed by atoms with Gasteiger partial charge < -0.3 is 4.74 Å². The van der Waals surface area contributed by atoms with Gasteiger partial charge in [0.05, 0.1) is 5.92 Å². The van der Waals surface area contributed by atoms with Gasteiger partial charge in [-0.15, -0.1) is 0 Å². The average Bonchev–Trinajstić information content (AvgIpc) is 3.09. The zero-order valence-electron chi connectivity index (χ0n) is 12.1. The van der Waals surface area contributed by atoms with Gasteiger partial charge in [-0.1, -0.05) is 13.8 Å². The van der Waals surface area contributed by atoms with Gasteiger partial charge in [-0.3, -0.25) is 4.79 Å². The summed E-state index contributed by atoms with van der Waals surface area (Å²) in [5, 5.41) is 0. The fourth-order valence-corrected chi connectivity index (χ4v) is 1.44. The van der Waals surface area contributed by atoms with Gasteiger partial charge in [-0.05, 0) is 51.4 Å². The second-order valence-electron chi connectivity index (χ2n) is 4.23. The largest absolute Gasteiger partial charge is 2.00 e. The molecule has 1 saturated heterocycles. The van der Waals surface area contributed by atoms with Crippen LogP contribution in [0.25, 0.3) is 0 Å². The molecule has 2 fully saturated rings. The van der Waals surface area contributed by atoms with Gasteiger partial charge in [0.2, 0.25) is 0 Å². The molecule has 1 aliphatic carbocycles. The molecule has 0 aromatic carbocycles. The van der Waals surface area contributed by atoms with Gasteiger partial charge in [0.25, 0.3) is 0 Å². The molecule has 0 bridgehead atoms. The molecular formula is C16H18O4W+2. The fraction of sp³-hybridized carbons (Fsp3) is 0.312. The first kappa shape index (κ1) is 25.6. The number of carbonyl (C=O) groups excluding carboxylic acids is 1. The molecule has 0 N–H and O–H groups in total. The molecule has 0 spiro atoms. The third-order valence-corrected chi connectivity index (χ3v) is 2.17. The summed E-state index contributed by atoms with van der Waals surface area (Å²) in [6, 6.07) is 0. The molecule has 1 saturated carbocycles. The maximum Gasteiger partial charge on any atom is 2.00 e. The Morgan fingerprint density at radius 1 is 1.14 bits per heavy atom. The van der Waals surface area contributed by atoms with E-state index in [4.69, 9.17) is 14.0 Å². The van der Waals surface area contributed by atoms with E-state index < -0.39 is 0 Å². The van der Waals surface area contributed by atoms with Crippen LogP contribution in [-0.2, 0) is 39.9 Å². The second kappa shape index (κ2) is 17.7. The van der Waals surface area contributed by atoms with Crippen LogP contribution >= 0.6 is 0 Å². The van der Waals surface area contributed by atoms with Crippen LogP contribution in [-0.4, -0.2) is 12.1 Å². The van der Waals surface area contributed by atoms with E-state index in [2.05, 4.69) is 34.1 Å². The summed E-state index contributed by atoms with van der Waals surface area (Å²) in [7, 11) is 0. The molecule has 1 atom stereocenters. The predicted molar refractivity (Wildman–Crippen MR) is 71.6 cm³/mol. The van der Waals surface area contributed by atoms with Crippen LogP contribution in [0.1, 0.15) is 20.3 Å². The molecular weight excluding hydrogens is 440 g/mol. The Labute approximate surface area is 143 Å². The molecule has 8 radical (unpaired) electrons. The van der Waals surface area contributed by atoms with Gasteiger partial charge in [-0.25, -0.2) is 0 Å². The Balaban J connectivity index is -0.000000273. The summed E-state index contributed by atoms with van der Waals surface area (Å²) in [4.78, 5) is 10.8. The Kier molecular flexibility index (Phi) is 21.6. The number of carbonyl (C=O) groups is 1. The average molecular weight is 458 g/mol. The van der Waals surface area contributed by atoms with Crippen LogP contribution < -0.4 is 0 Å². The maximum atomic E-state index is 10.8. The van der Waals surface area contributed by atoms with Crippen LogP contribution in [0.15, 0.2) is 0 Å². The quantitative estimate of drug-likeness (QED) is 0.363. The number of cyclic esters (lactones) is 1. The summed E-state index contributed by atoms with van der Waals surface area (Å²) in [5.74, 6) is 0.779. The van der Waals surface area contributed by atoms with E-state index in [1.54, 1.807) is 6.42 Å². The summed E-state index contributed by atoms with van der Waals surface area (Å²) >= 11 is 0. The smallest absolute Gasteiger partial charge is 0.462 e. The topological polar surface area (TPSA) is 66.1 Å². The zero-order valence-corrected chi connectivity index (χ0v) is 15.0. The SMILES string of the molecule is [C-]#[O+].[C-]#[O+].[CH2][C]1[CH]C(CC(C)C)OC1=O.[CH]1[CH][CH][CH][CH]1.[W+2]. The standard InChI is InChI=1S/C9H13O2.C5H5.2CO.W/c1-6(2)4-8-5-7(3)9(10)11-8;1-2-4-5-3-1;2*1-2;/h5-6,8H,3-4H2,1-2H3;1-5H;;;/q;;;;+2. The second-order valence-corrected chi connectivity index (χ2v) is 4.23. The van der Waals surface area contributed by atoms with Crippen LogP contribution in [0.2, 0.25) is 0 Å². The summed E-state index contributed by atoms with van der Waals surface area (Å²) in [6.45, 7) is 16.8. The van der Waals surface area contributed by atoms with Gasteiger partial charge in [-0.2, -0.15) is 0 Å². The van der Waals surface area contributed by atoms with E-state index in [9.17, 15) is 4.79 Å². The van der Waals surface area contributed by atoms with Crippen LogP contribution in [0.3, 0.4) is 0 Å². The van der Waals surface area contributed by atoms with Crippen molar-refractivity contribution in [3.8, 4) is 0 Å². The summed E-state index contributed by atoms with van der Waals surface area (Å²) < 4.78 is 20.0. The first-order chi connectivity index (χ1) is 9.59. The number of ether oxygens (including phenoxy) is 1. The summed E-state index contributed by atoms with van der Waals surface area (Å²) in [6.07, 6.45) is 12.7. The molecule has 2 aliphatic rings. The Bertz CT molecular complexity index is 269. The maximum absolute atomic E-state index is 10.8. The van der Waals surface area contributed by atoms with Gasteiger partial charge in [0.1, 0.15) is 6.10 Å². The summed E-state index contributed by atoms with van der Waals surface area (Å²) in [5.41, 5.74) is 0. The molecule has 5 heteroatoms. The van der Waals surface area contributed by atoms with Gasteiger partial charge in [0.15, 0.2) is 0 Å². The zero-order chi connectivity index (χ0) is 16.0. The molecule has 0 aromatic rings. The minimum absolute atomic E-state index is 0. The van der Waals surface area contributed by atoms with Crippen LogP contribution in [0.4, 0.5) is 0 Å². The predicted octanol–water partition coefficient (Wildman–Crippen LogP) is 2.51. The minimum atomic E-state index is -0.268. The first-order valence-electron chi connectivity index (χ1n) is 5.92. The van der Waals surface area contributed by atoms with E-state index in [1.165, 1.54) is 0 Å². The molecule has 21 heavy (non-hydrogen) atoms. The Morgan fingerprint density at radius 3 is 1.76 bits per heavy atom. The molecule has 1 aliphatic heterocycles. The Hall–Kier alpha value is -0.362. The minimum Gasteiger partial charge on any atom is -0.462 e. The Morgan fingerprint density at radius 2 is 1.52 bits per heavy atom. The molecule has 4 nitrogen and oxygen atoms in total. The molecule has 2 rings (SSSR count). The van der Waals surface area contributed by atoms with E-state index in [0.717, 1.165) is 6.42 Å². The van der Waals surface area contributed by atoms with Crippen molar-refractivity contribution in [1.29, 1.82) is 0 Å². The van der Waals surface area contributed by atoms with Crippen LogP contribution in [0.5, 0.6) is 0 Å². The molecule has 110 valence electrons. The molecule has 0 aromatic heterocycles. The monoisotopic (exact) mass is 458 g/mol.